The number of hydrogen-bond donors (Lipinski definition) is 1. The number of rotatable bonds is 7. The van der Waals surface area contributed by atoms with Gasteiger partial charge in [-0.1, -0.05) is 23.9 Å². The molecule has 0 aliphatic heterocycles. The summed E-state index contributed by atoms with van der Waals surface area (Å²) in [6.07, 6.45) is 0. The SMILES string of the molecule is COc1ccc(NC(=O)CSc2nnnn2-c2ccccc2OC)cc1. The lowest BCUT2D eigenvalue weighted by molar-refractivity contribution is -0.113. The molecule has 1 heterocycles. The van der Waals surface area contributed by atoms with Crippen LogP contribution in [0.2, 0.25) is 0 Å². The van der Waals surface area contributed by atoms with Gasteiger partial charge in [0.25, 0.3) is 0 Å². The van der Waals surface area contributed by atoms with Crippen molar-refractivity contribution in [3.63, 3.8) is 0 Å². The van der Waals surface area contributed by atoms with Crippen molar-refractivity contribution in [1.82, 2.24) is 20.2 Å². The third kappa shape index (κ3) is 4.12. The van der Waals surface area contributed by atoms with Crippen molar-refractivity contribution in [3.8, 4) is 17.2 Å². The molecule has 0 saturated carbocycles. The number of nitrogens with zero attached hydrogens (tertiary/aromatic N) is 4. The molecule has 0 bridgehead atoms. The molecule has 1 N–H and O–H groups in total. The van der Waals surface area contributed by atoms with E-state index < -0.39 is 0 Å². The minimum Gasteiger partial charge on any atom is -0.497 e. The molecule has 2 aromatic carbocycles. The predicted octanol–water partition coefficient (Wildman–Crippen LogP) is 2.41. The van der Waals surface area contributed by atoms with E-state index in [1.165, 1.54) is 11.8 Å². The molecule has 0 spiro atoms. The van der Waals surface area contributed by atoms with Crippen molar-refractivity contribution in [2.45, 2.75) is 5.16 Å². The fraction of sp³-hybridized carbons (Fsp3) is 0.176. The maximum absolute atomic E-state index is 12.2. The van der Waals surface area contributed by atoms with Gasteiger partial charge in [0, 0.05) is 5.69 Å². The molecular formula is C17H17N5O3S. The zero-order valence-electron chi connectivity index (χ0n) is 14.2. The number of thioether (sulfide) groups is 1. The van der Waals surface area contributed by atoms with Crippen LogP contribution in [-0.4, -0.2) is 46.1 Å². The largest absolute Gasteiger partial charge is 0.497 e. The smallest absolute Gasteiger partial charge is 0.234 e. The van der Waals surface area contributed by atoms with Gasteiger partial charge in [-0.05, 0) is 46.8 Å². The summed E-state index contributed by atoms with van der Waals surface area (Å²) in [7, 11) is 3.18. The Morgan fingerprint density at radius 3 is 2.62 bits per heavy atom. The van der Waals surface area contributed by atoms with E-state index in [0.717, 1.165) is 5.75 Å². The maximum atomic E-state index is 12.2. The Balaban J connectivity index is 1.65. The molecule has 134 valence electrons. The number of para-hydroxylation sites is 2. The molecule has 1 amide bonds. The normalized spacial score (nSPS) is 10.4. The van der Waals surface area contributed by atoms with Crippen LogP contribution in [0.25, 0.3) is 5.69 Å². The lowest BCUT2D eigenvalue weighted by atomic mass is 10.3. The first kappa shape index (κ1) is 17.7. The highest BCUT2D eigenvalue weighted by Crippen LogP contribution is 2.25. The second-order valence-electron chi connectivity index (χ2n) is 5.11. The Morgan fingerprint density at radius 2 is 1.88 bits per heavy atom. The summed E-state index contributed by atoms with van der Waals surface area (Å²) in [5, 5.41) is 15.0. The molecule has 0 radical (unpaired) electrons. The van der Waals surface area contributed by atoms with Crippen molar-refractivity contribution in [2.75, 3.05) is 25.3 Å². The van der Waals surface area contributed by atoms with Crippen LogP contribution < -0.4 is 14.8 Å². The van der Waals surface area contributed by atoms with Gasteiger partial charge in [0.15, 0.2) is 0 Å². The van der Waals surface area contributed by atoms with Crippen LogP contribution in [0, 0.1) is 0 Å². The van der Waals surface area contributed by atoms with E-state index in [2.05, 4.69) is 20.8 Å². The first-order valence-electron chi connectivity index (χ1n) is 7.69. The number of carbonyl (C=O) groups is 1. The van der Waals surface area contributed by atoms with E-state index in [9.17, 15) is 4.79 Å². The van der Waals surface area contributed by atoms with Gasteiger partial charge in [0.05, 0.1) is 20.0 Å². The molecule has 0 aliphatic rings. The maximum Gasteiger partial charge on any atom is 0.234 e. The van der Waals surface area contributed by atoms with Crippen molar-refractivity contribution in [2.24, 2.45) is 0 Å². The summed E-state index contributed by atoms with van der Waals surface area (Å²) in [5.41, 5.74) is 1.40. The quantitative estimate of drug-likeness (QED) is 0.638. The lowest BCUT2D eigenvalue weighted by Crippen LogP contribution is -2.14. The van der Waals surface area contributed by atoms with Gasteiger partial charge in [-0.2, -0.15) is 4.68 Å². The fourth-order valence-electron chi connectivity index (χ4n) is 2.23. The average Bonchev–Trinajstić information content (AvgIpc) is 3.15. The first-order valence-corrected chi connectivity index (χ1v) is 8.68. The third-order valence-electron chi connectivity index (χ3n) is 3.46. The molecule has 0 aliphatic carbocycles. The van der Waals surface area contributed by atoms with Gasteiger partial charge in [-0.25, -0.2) is 0 Å². The molecule has 9 heteroatoms. The third-order valence-corrected chi connectivity index (χ3v) is 4.38. The Kier molecular flexibility index (Phi) is 5.69. The minimum atomic E-state index is -0.158. The summed E-state index contributed by atoms with van der Waals surface area (Å²) >= 11 is 1.24. The van der Waals surface area contributed by atoms with Gasteiger partial charge in [0.1, 0.15) is 17.2 Å². The molecule has 0 saturated heterocycles. The summed E-state index contributed by atoms with van der Waals surface area (Å²) in [5.74, 6) is 1.38. The van der Waals surface area contributed by atoms with E-state index >= 15 is 0 Å². The van der Waals surface area contributed by atoms with E-state index in [1.54, 1.807) is 43.2 Å². The number of carbonyl (C=O) groups excluding carboxylic acids is 1. The molecular weight excluding hydrogens is 354 g/mol. The molecule has 0 fully saturated rings. The van der Waals surface area contributed by atoms with Gasteiger partial charge in [-0.15, -0.1) is 5.10 Å². The first-order chi connectivity index (χ1) is 12.7. The second kappa shape index (κ2) is 8.34. The summed E-state index contributed by atoms with van der Waals surface area (Å²) in [6.45, 7) is 0. The molecule has 3 aromatic rings. The number of ether oxygens (including phenoxy) is 2. The second-order valence-corrected chi connectivity index (χ2v) is 6.05. The van der Waals surface area contributed by atoms with E-state index in [0.29, 0.717) is 22.3 Å². The average molecular weight is 371 g/mol. The number of aromatic nitrogens is 4. The predicted molar refractivity (Wildman–Crippen MR) is 98.1 cm³/mol. The number of benzene rings is 2. The van der Waals surface area contributed by atoms with Crippen LogP contribution in [0.4, 0.5) is 5.69 Å². The van der Waals surface area contributed by atoms with Crippen molar-refractivity contribution < 1.29 is 14.3 Å². The van der Waals surface area contributed by atoms with Crippen LogP contribution in [0.3, 0.4) is 0 Å². The highest BCUT2D eigenvalue weighted by Gasteiger charge is 2.14. The Morgan fingerprint density at radius 1 is 1.12 bits per heavy atom. The van der Waals surface area contributed by atoms with Gasteiger partial charge < -0.3 is 14.8 Å². The van der Waals surface area contributed by atoms with E-state index in [4.69, 9.17) is 9.47 Å². The van der Waals surface area contributed by atoms with Gasteiger partial charge in [0.2, 0.25) is 11.1 Å². The van der Waals surface area contributed by atoms with Gasteiger partial charge >= 0.3 is 0 Å². The van der Waals surface area contributed by atoms with Crippen molar-refractivity contribution in [3.05, 3.63) is 48.5 Å². The van der Waals surface area contributed by atoms with E-state index in [1.807, 2.05) is 24.3 Å². The monoisotopic (exact) mass is 371 g/mol. The number of methoxy groups -OCH3 is 2. The minimum absolute atomic E-state index is 0.158. The van der Waals surface area contributed by atoms with Crippen LogP contribution in [-0.2, 0) is 4.79 Å². The Hall–Kier alpha value is -3.07. The van der Waals surface area contributed by atoms with Crippen molar-refractivity contribution >= 4 is 23.4 Å². The zero-order valence-corrected chi connectivity index (χ0v) is 15.1. The van der Waals surface area contributed by atoms with Gasteiger partial charge in [-0.3, -0.25) is 4.79 Å². The zero-order chi connectivity index (χ0) is 18.4. The van der Waals surface area contributed by atoms with Crippen LogP contribution >= 0.6 is 11.8 Å². The number of tetrazole rings is 1. The molecule has 3 rings (SSSR count). The summed E-state index contributed by atoms with van der Waals surface area (Å²) < 4.78 is 12.0. The standard InChI is InChI=1S/C17H17N5O3S/c1-24-13-9-7-12(8-10-13)18-16(23)11-26-17-19-20-21-22(17)14-5-3-4-6-15(14)25-2/h3-10H,11H2,1-2H3,(H,18,23). The number of nitrogens with one attached hydrogen (secondary N) is 1. The highest BCUT2D eigenvalue weighted by molar-refractivity contribution is 7.99. The highest BCUT2D eigenvalue weighted by atomic mass is 32.2. The summed E-state index contributed by atoms with van der Waals surface area (Å²) in [4.78, 5) is 12.2. The Labute approximate surface area is 154 Å². The molecule has 8 nitrogen and oxygen atoms in total. The number of amides is 1. The fourth-order valence-corrected chi connectivity index (χ4v) is 2.91. The topological polar surface area (TPSA) is 91.2 Å². The van der Waals surface area contributed by atoms with Crippen LogP contribution in [0.5, 0.6) is 11.5 Å². The van der Waals surface area contributed by atoms with E-state index in [-0.39, 0.29) is 11.7 Å². The molecule has 0 atom stereocenters. The summed E-state index contributed by atoms with van der Waals surface area (Å²) in [6, 6.07) is 14.5. The molecule has 1 aromatic heterocycles. The lowest BCUT2D eigenvalue weighted by Gasteiger charge is -2.09. The van der Waals surface area contributed by atoms with Crippen molar-refractivity contribution in [1.29, 1.82) is 0 Å². The Bertz CT molecular complexity index is 882. The molecule has 26 heavy (non-hydrogen) atoms. The number of anilines is 1. The number of hydrogen-bond acceptors (Lipinski definition) is 7. The van der Waals surface area contributed by atoms with Crippen LogP contribution in [0.15, 0.2) is 53.7 Å². The van der Waals surface area contributed by atoms with Crippen LogP contribution in [0.1, 0.15) is 0 Å². The molecule has 0 unspecified atom stereocenters.